The zero-order valence-corrected chi connectivity index (χ0v) is 15.7. The Morgan fingerprint density at radius 2 is 1.89 bits per heavy atom. The molecule has 1 heterocycles. The third-order valence-electron chi connectivity index (χ3n) is 4.15. The summed E-state index contributed by atoms with van der Waals surface area (Å²) < 4.78 is 44.6. The van der Waals surface area contributed by atoms with E-state index in [0.717, 1.165) is 17.7 Å². The van der Waals surface area contributed by atoms with Gasteiger partial charge < -0.3 is 20.7 Å². The lowest BCUT2D eigenvalue weighted by Gasteiger charge is -2.23. The number of ether oxygens (including phenoxy) is 1. The molecule has 1 aliphatic heterocycles. The van der Waals surface area contributed by atoms with Crippen molar-refractivity contribution in [2.75, 3.05) is 30.3 Å². The molecule has 2 aromatic rings. The number of carbonyl (C=O) groups excluding carboxylic acids is 1. The van der Waals surface area contributed by atoms with Crippen molar-refractivity contribution in [2.45, 2.75) is 18.8 Å². The van der Waals surface area contributed by atoms with Crippen LogP contribution in [0.1, 0.15) is 11.1 Å². The molecule has 3 N–H and O–H groups in total. The minimum absolute atomic E-state index is 0. The maximum atomic E-state index is 13.1. The highest BCUT2D eigenvalue weighted by Crippen LogP contribution is 2.34. The molecule has 2 aromatic carbocycles. The van der Waals surface area contributed by atoms with Crippen molar-refractivity contribution in [1.82, 2.24) is 5.32 Å². The van der Waals surface area contributed by atoms with E-state index < -0.39 is 23.8 Å². The van der Waals surface area contributed by atoms with Crippen molar-refractivity contribution < 1.29 is 22.7 Å². The molecule has 1 amide bonds. The molecule has 28 heavy (non-hydrogen) atoms. The van der Waals surface area contributed by atoms with E-state index >= 15 is 0 Å². The van der Waals surface area contributed by atoms with Crippen molar-refractivity contribution in [3.63, 3.8) is 0 Å². The van der Waals surface area contributed by atoms with Crippen LogP contribution < -0.4 is 16.0 Å². The Hall–Kier alpha value is -2.29. The van der Waals surface area contributed by atoms with E-state index in [0.29, 0.717) is 31.9 Å². The molecule has 1 unspecified atom stereocenters. The van der Waals surface area contributed by atoms with Crippen LogP contribution in [0.15, 0.2) is 48.5 Å². The van der Waals surface area contributed by atoms with E-state index in [9.17, 15) is 18.0 Å². The van der Waals surface area contributed by atoms with Crippen molar-refractivity contribution in [2.24, 2.45) is 0 Å². The van der Waals surface area contributed by atoms with Gasteiger partial charge in [0.05, 0.1) is 23.5 Å². The van der Waals surface area contributed by atoms with E-state index in [1.165, 1.54) is 6.07 Å². The van der Waals surface area contributed by atoms with Crippen molar-refractivity contribution in [3.8, 4) is 0 Å². The molecule has 0 bridgehead atoms. The predicted octanol–water partition coefficient (Wildman–Crippen LogP) is 3.67. The molecule has 3 rings (SSSR count). The molecule has 0 aromatic heterocycles. The number of alkyl halides is 3. The van der Waals surface area contributed by atoms with Crippen molar-refractivity contribution >= 4 is 29.7 Å². The number of rotatable bonds is 5. The van der Waals surface area contributed by atoms with Gasteiger partial charge in [0.15, 0.2) is 0 Å². The average Bonchev–Trinajstić information content (AvgIpc) is 2.67. The first-order valence-corrected chi connectivity index (χ1v) is 8.56. The number of halogens is 4. The second-order valence-electron chi connectivity index (χ2n) is 6.15. The minimum atomic E-state index is -4.50. The third-order valence-corrected chi connectivity index (χ3v) is 4.15. The van der Waals surface area contributed by atoms with Crippen LogP contribution in [-0.4, -0.2) is 31.7 Å². The van der Waals surface area contributed by atoms with Gasteiger partial charge in [-0.15, -0.1) is 12.4 Å². The lowest BCUT2D eigenvalue weighted by Crippen LogP contribution is -2.45. The first-order chi connectivity index (χ1) is 12.9. The molecular formula is C19H21ClF3N3O2. The molecule has 1 fully saturated rings. The average molecular weight is 416 g/mol. The smallest absolute Gasteiger partial charge is 0.379 e. The Morgan fingerprint density at radius 3 is 2.54 bits per heavy atom. The Balaban J connectivity index is 0.00000280. The second kappa shape index (κ2) is 9.77. The van der Waals surface area contributed by atoms with Crippen LogP contribution >= 0.6 is 12.4 Å². The number of hydrogen-bond donors (Lipinski definition) is 3. The lowest BCUT2D eigenvalue weighted by atomic mass is 10.1. The van der Waals surface area contributed by atoms with Crippen molar-refractivity contribution in [3.05, 3.63) is 59.7 Å². The Labute approximate surface area is 167 Å². The van der Waals surface area contributed by atoms with Gasteiger partial charge >= 0.3 is 6.18 Å². The molecule has 1 saturated heterocycles. The summed E-state index contributed by atoms with van der Waals surface area (Å²) in [6.07, 6.45) is -5.24. The standard InChI is InChI=1S/C19H20F3N3O2.ClH/c20-19(21,22)14-6-7-15(24-11-13-4-2-1-3-5-13)16(10-14)25-18(26)17-12-23-8-9-27-17;/h1-7,10,17,23-24H,8-9,11-12H2,(H,25,26);1H. The van der Waals surface area contributed by atoms with E-state index in [2.05, 4.69) is 16.0 Å². The van der Waals surface area contributed by atoms with Crippen LogP contribution in [0, 0.1) is 0 Å². The van der Waals surface area contributed by atoms with Gasteiger partial charge in [0.2, 0.25) is 0 Å². The molecule has 0 aliphatic carbocycles. The Bertz CT molecular complexity index is 782. The first kappa shape index (κ1) is 22.0. The van der Waals surface area contributed by atoms with Crippen molar-refractivity contribution in [1.29, 1.82) is 0 Å². The summed E-state index contributed by atoms with van der Waals surface area (Å²) in [5, 5.41) is 8.66. The molecule has 0 radical (unpaired) electrons. The highest BCUT2D eigenvalue weighted by Gasteiger charge is 2.31. The zero-order valence-electron chi connectivity index (χ0n) is 14.9. The van der Waals surface area contributed by atoms with Crippen LogP contribution in [0.3, 0.4) is 0 Å². The Kier molecular flexibility index (Phi) is 7.68. The van der Waals surface area contributed by atoms with Crippen LogP contribution in [0.2, 0.25) is 0 Å². The van der Waals surface area contributed by atoms with Gasteiger partial charge in [0, 0.05) is 19.6 Å². The quantitative estimate of drug-likeness (QED) is 0.697. The maximum absolute atomic E-state index is 13.1. The number of nitrogens with one attached hydrogen (secondary N) is 3. The first-order valence-electron chi connectivity index (χ1n) is 8.56. The SMILES string of the molecule is Cl.O=C(Nc1cc(C(F)(F)F)ccc1NCc1ccccc1)C1CNCCO1. The summed E-state index contributed by atoms with van der Waals surface area (Å²) in [5.74, 6) is -0.482. The van der Waals surface area contributed by atoms with Crippen LogP contribution in [0.25, 0.3) is 0 Å². The zero-order chi connectivity index (χ0) is 19.3. The summed E-state index contributed by atoms with van der Waals surface area (Å²) >= 11 is 0. The van der Waals surface area contributed by atoms with Gasteiger partial charge in [-0.25, -0.2) is 0 Å². The fraction of sp³-hybridized carbons (Fsp3) is 0.316. The number of benzene rings is 2. The predicted molar refractivity (Wildman–Crippen MR) is 104 cm³/mol. The van der Waals surface area contributed by atoms with Crippen LogP contribution in [0.4, 0.5) is 24.5 Å². The highest BCUT2D eigenvalue weighted by molar-refractivity contribution is 5.97. The fourth-order valence-electron chi connectivity index (χ4n) is 2.72. The third kappa shape index (κ3) is 5.85. The molecule has 0 saturated carbocycles. The fourth-order valence-corrected chi connectivity index (χ4v) is 2.72. The maximum Gasteiger partial charge on any atom is 0.416 e. The summed E-state index contributed by atoms with van der Waals surface area (Å²) in [6.45, 7) is 1.74. The van der Waals surface area contributed by atoms with Gasteiger partial charge in [-0.1, -0.05) is 30.3 Å². The monoisotopic (exact) mass is 415 g/mol. The number of carbonyl (C=O) groups is 1. The van der Waals surface area contributed by atoms with Gasteiger partial charge in [-0.2, -0.15) is 13.2 Å². The summed E-state index contributed by atoms with van der Waals surface area (Å²) in [5.41, 5.74) is 0.615. The van der Waals surface area contributed by atoms with E-state index in [4.69, 9.17) is 4.74 Å². The number of anilines is 2. The molecule has 0 spiro atoms. The van der Waals surface area contributed by atoms with Gasteiger partial charge in [-0.05, 0) is 23.8 Å². The van der Waals surface area contributed by atoms with E-state index in [1.807, 2.05) is 30.3 Å². The molecule has 9 heteroatoms. The summed E-state index contributed by atoms with van der Waals surface area (Å²) in [4.78, 5) is 12.4. The molecular weight excluding hydrogens is 395 g/mol. The largest absolute Gasteiger partial charge is 0.416 e. The second-order valence-corrected chi connectivity index (χ2v) is 6.15. The Morgan fingerprint density at radius 1 is 1.14 bits per heavy atom. The number of amides is 1. The van der Waals surface area contributed by atoms with E-state index in [1.54, 1.807) is 0 Å². The van der Waals surface area contributed by atoms with Crippen LogP contribution in [-0.2, 0) is 22.3 Å². The van der Waals surface area contributed by atoms with E-state index in [-0.39, 0.29) is 18.1 Å². The number of morpholine rings is 1. The summed E-state index contributed by atoms with van der Waals surface area (Å²) in [7, 11) is 0. The lowest BCUT2D eigenvalue weighted by molar-refractivity contribution is -0.137. The normalized spacial score (nSPS) is 16.8. The van der Waals surface area contributed by atoms with Gasteiger partial charge in [0.1, 0.15) is 6.10 Å². The molecule has 1 atom stereocenters. The topological polar surface area (TPSA) is 62.4 Å². The van der Waals surface area contributed by atoms with Gasteiger partial charge in [0.25, 0.3) is 5.91 Å². The van der Waals surface area contributed by atoms with Gasteiger partial charge in [-0.3, -0.25) is 4.79 Å². The minimum Gasteiger partial charge on any atom is -0.379 e. The van der Waals surface area contributed by atoms with Crippen LogP contribution in [0.5, 0.6) is 0 Å². The molecule has 1 aliphatic rings. The highest BCUT2D eigenvalue weighted by atomic mass is 35.5. The molecule has 152 valence electrons. The summed E-state index contributed by atoms with van der Waals surface area (Å²) in [6, 6.07) is 12.7. The molecule has 5 nitrogen and oxygen atoms in total. The number of hydrogen-bond acceptors (Lipinski definition) is 4.